The van der Waals surface area contributed by atoms with E-state index in [-0.39, 0.29) is 57.6 Å². The standard InChI is InChI=1S/C24H28NSi.C21H22NSi.C20H13N2O2.C20H11N2O2.2Ir/c1-24(2,3)21-16-22(25-17-23(21)26(4,5)6)20-14-10-13-19(15-20)18-11-8-7-9-12-18;1-16-13-20(22-15-21(16)23(2,3)4)19-12-8-11-18(14-19)17-9-6-5-7-10-17;2*1-2-6-13(7-3-1)19-21-22-20(24-19)14-10-11-16-15-8-4-5-9-17(15)23-18(16)12-14;;/h7-13,15-17H,1-6H3;5-11,13-15H,1-4H3;1-9,11-12,15,17H;1-9,11-12H;;/q4*-1;;. The van der Waals surface area contributed by atoms with Crippen LogP contribution < -0.4 is 15.1 Å². The van der Waals surface area contributed by atoms with Gasteiger partial charge in [0.1, 0.15) is 11.7 Å². The molecule has 5 aromatic heterocycles. The Morgan fingerprint density at radius 1 is 0.414 bits per heavy atom. The van der Waals surface area contributed by atoms with E-state index in [9.17, 15) is 0 Å². The fourth-order valence-corrected chi connectivity index (χ4v) is 15.5. The van der Waals surface area contributed by atoms with E-state index in [4.69, 9.17) is 28.0 Å². The number of benzene rings is 9. The smallest absolute Gasteiger partial charge is 0.237 e. The van der Waals surface area contributed by atoms with E-state index >= 15 is 0 Å². The average molecular weight is 1680 g/mol. The van der Waals surface area contributed by atoms with Crippen LogP contribution in [0.4, 0.5) is 0 Å². The van der Waals surface area contributed by atoms with Crippen molar-refractivity contribution >= 4 is 48.5 Å². The van der Waals surface area contributed by atoms with Gasteiger partial charge in [0.25, 0.3) is 0 Å². The molecule has 0 bridgehead atoms. The van der Waals surface area contributed by atoms with Crippen LogP contribution in [0.5, 0.6) is 5.75 Å². The molecule has 0 saturated heterocycles. The Morgan fingerprint density at radius 2 is 0.889 bits per heavy atom. The first kappa shape index (κ1) is 70.7. The second-order valence-electron chi connectivity index (χ2n) is 27.3. The van der Waals surface area contributed by atoms with E-state index in [2.05, 4.69) is 227 Å². The number of allylic oxidation sites excluding steroid dienone is 2. The molecule has 0 amide bonds. The Morgan fingerprint density at radius 3 is 1.42 bits per heavy atom. The molecule has 14 aromatic rings. The van der Waals surface area contributed by atoms with Crippen LogP contribution in [0, 0.1) is 31.2 Å². The summed E-state index contributed by atoms with van der Waals surface area (Å²) >= 11 is 0. The molecule has 0 saturated carbocycles. The minimum atomic E-state index is -1.45. The number of nitrogens with zero attached hydrogens (tertiary/aromatic N) is 6. The second kappa shape index (κ2) is 30.6. The summed E-state index contributed by atoms with van der Waals surface area (Å²) in [6.45, 7) is 23.3. The van der Waals surface area contributed by atoms with E-state index in [0.717, 1.165) is 78.0 Å². The van der Waals surface area contributed by atoms with Crippen LogP contribution in [-0.4, -0.2) is 52.6 Å². The van der Waals surface area contributed by atoms with Crippen LogP contribution in [0.15, 0.2) is 268 Å². The molecule has 1 aliphatic heterocycles. The normalized spacial score (nSPS) is 13.6. The van der Waals surface area contributed by atoms with Gasteiger partial charge in [-0.05, 0) is 92.6 Å². The summed E-state index contributed by atoms with van der Waals surface area (Å²) in [5.41, 5.74) is 17.9. The molecular weight excluding hydrogens is 1610 g/mol. The van der Waals surface area contributed by atoms with Gasteiger partial charge < -0.3 is 28.0 Å². The summed E-state index contributed by atoms with van der Waals surface area (Å²) < 4.78 is 23.5. The van der Waals surface area contributed by atoms with Gasteiger partial charge in [0.05, 0.1) is 21.7 Å². The van der Waals surface area contributed by atoms with Gasteiger partial charge in [-0.15, -0.1) is 105 Å². The average Bonchev–Trinajstić information content (AvgIpc) is 1.74. The van der Waals surface area contributed by atoms with Crippen LogP contribution in [0.25, 0.3) is 113 Å². The summed E-state index contributed by atoms with van der Waals surface area (Å²) in [4.78, 5) is 9.54. The Bertz CT molecular complexity index is 5130. The first-order valence-corrected chi connectivity index (χ1v) is 39.7. The Hall–Kier alpha value is -9.63. The number of fused-ring (bicyclic) bond motifs is 6. The number of aryl methyl sites for hydroxylation is 1. The number of rotatable bonds is 10. The van der Waals surface area contributed by atoms with Crippen LogP contribution in [0.2, 0.25) is 39.3 Å². The SMILES string of the molecule is CC(C)(C)c1cc(-c2[c-]ccc(-c3ccccc3)c2)ncc1[Si](C)(C)C.Cc1cc(-c2[c-]ccc(-c3ccccc3)c2)ncc1[Si](C)(C)C.[Ir].[Ir].[c-]1cc2c(cc1-c1nnc(-c3ccccc3)o1)OC1C=CC=CC21.[c-]1cc2c(cc1-c1nnc(-c3ccccc3)o1)oc1ccccc12. The zero-order chi connectivity index (χ0) is 67.3. The van der Waals surface area contributed by atoms with Gasteiger partial charge in [-0.3, -0.25) is 0 Å². The number of ether oxygens (including phenoxy) is 1. The molecule has 14 heteroatoms. The maximum Gasteiger partial charge on any atom is 0.237 e. The summed E-state index contributed by atoms with van der Waals surface area (Å²) in [7, 11) is -2.79. The van der Waals surface area contributed by atoms with Crippen molar-refractivity contribution in [1.82, 2.24) is 30.4 Å². The molecule has 99 heavy (non-hydrogen) atoms. The zero-order valence-corrected chi connectivity index (χ0v) is 63.7. The van der Waals surface area contributed by atoms with E-state index in [1.807, 2.05) is 140 Å². The number of hydrogen-bond acceptors (Lipinski definition) is 10. The topological polar surface area (TPSA) is 126 Å². The van der Waals surface area contributed by atoms with Crippen molar-refractivity contribution < 1.29 is 58.2 Å². The van der Waals surface area contributed by atoms with Crippen LogP contribution in [0.3, 0.4) is 0 Å². The van der Waals surface area contributed by atoms with E-state index in [1.54, 1.807) is 0 Å². The van der Waals surface area contributed by atoms with Gasteiger partial charge in [-0.2, -0.15) is 10.2 Å². The molecule has 0 N–H and O–H groups in total. The third kappa shape index (κ3) is 16.4. The summed E-state index contributed by atoms with van der Waals surface area (Å²) in [6.07, 6.45) is 12.6. The number of hydrogen-bond donors (Lipinski definition) is 0. The first-order chi connectivity index (χ1) is 46.9. The molecule has 9 aromatic carbocycles. The maximum absolute atomic E-state index is 6.02. The summed E-state index contributed by atoms with van der Waals surface area (Å²) in [5, 5.41) is 21.5. The van der Waals surface area contributed by atoms with Gasteiger partial charge in [-0.25, -0.2) is 0 Å². The van der Waals surface area contributed by atoms with Crippen molar-refractivity contribution in [2.45, 2.75) is 84.4 Å². The van der Waals surface area contributed by atoms with Gasteiger partial charge in [0.2, 0.25) is 11.8 Å². The molecular formula is C85H74Ir2N6O4Si2-4. The molecule has 0 spiro atoms. The largest absolute Gasteiger partial charge is 0.505 e. The predicted molar refractivity (Wildman–Crippen MR) is 398 cm³/mol. The van der Waals surface area contributed by atoms with Gasteiger partial charge in [-0.1, -0.05) is 245 Å². The fraction of sp³-hybridized carbons (Fsp3) is 0.153. The molecule has 498 valence electrons. The van der Waals surface area contributed by atoms with Crippen LogP contribution in [0.1, 0.15) is 43.4 Å². The number of pyridine rings is 2. The summed E-state index contributed by atoms with van der Waals surface area (Å²) in [5.74, 6) is 2.98. The number of furan rings is 1. The van der Waals surface area contributed by atoms with Gasteiger partial charge in [0, 0.05) is 75.4 Å². The van der Waals surface area contributed by atoms with Crippen molar-refractivity contribution in [2.24, 2.45) is 0 Å². The molecule has 1 aliphatic carbocycles. The third-order valence-electron chi connectivity index (χ3n) is 17.1. The Balaban J connectivity index is 0.000000133. The quantitative estimate of drug-likeness (QED) is 0.0965. The molecule has 6 heterocycles. The van der Waals surface area contributed by atoms with Crippen LogP contribution >= 0.6 is 0 Å². The van der Waals surface area contributed by atoms with E-state index in [1.165, 1.54) is 43.8 Å². The van der Waals surface area contributed by atoms with Crippen molar-refractivity contribution in [3.8, 4) is 96.3 Å². The molecule has 16 rings (SSSR count). The van der Waals surface area contributed by atoms with E-state index < -0.39 is 16.1 Å². The van der Waals surface area contributed by atoms with Crippen molar-refractivity contribution in [3.05, 3.63) is 296 Å². The fourth-order valence-electron chi connectivity index (χ4n) is 12.1. The summed E-state index contributed by atoms with van der Waals surface area (Å²) in [6, 6.07) is 86.2. The van der Waals surface area contributed by atoms with Gasteiger partial charge in [0.15, 0.2) is 11.8 Å². The molecule has 2 atom stereocenters. The molecule has 2 radical (unpaired) electrons. The van der Waals surface area contributed by atoms with Crippen molar-refractivity contribution in [2.75, 3.05) is 0 Å². The van der Waals surface area contributed by atoms with Crippen molar-refractivity contribution in [1.29, 1.82) is 0 Å². The van der Waals surface area contributed by atoms with Crippen molar-refractivity contribution in [3.63, 3.8) is 0 Å². The first-order valence-electron chi connectivity index (χ1n) is 32.7. The molecule has 2 unspecified atom stereocenters. The predicted octanol–water partition coefficient (Wildman–Crippen LogP) is 20.4. The minimum Gasteiger partial charge on any atom is -0.505 e. The van der Waals surface area contributed by atoms with Crippen LogP contribution in [-0.2, 0) is 45.6 Å². The Kier molecular flexibility index (Phi) is 21.9. The molecule has 2 aliphatic rings. The number of aromatic nitrogens is 6. The van der Waals surface area contributed by atoms with E-state index in [0.29, 0.717) is 23.6 Å². The second-order valence-corrected chi connectivity index (χ2v) is 37.4. The Labute approximate surface area is 609 Å². The number of para-hydroxylation sites is 1. The monoisotopic (exact) mass is 1680 g/mol. The minimum absolute atomic E-state index is 0. The molecule has 0 fully saturated rings. The molecule has 10 nitrogen and oxygen atoms in total. The maximum atomic E-state index is 6.02. The zero-order valence-electron chi connectivity index (χ0n) is 56.9. The third-order valence-corrected chi connectivity index (χ3v) is 21.3. The van der Waals surface area contributed by atoms with Gasteiger partial charge >= 0.3 is 0 Å².